The molecule has 0 bridgehead atoms. The Hall–Kier alpha value is -2.66. The standard InChI is InChI=1S/C36H52N2O2S/c1-6-7-8-9-10-11-12-13-14-15-16-19-25-40-34-27-30(22-23-32(34)36(3,4)5)35(39)37-33-21-18-17-20-31(33)28-38-24-26-41-29(38)2/h17-18,20-24,26-27H,6-16,19,25,28H2,1-5H3/p+1. The summed E-state index contributed by atoms with van der Waals surface area (Å²) in [4.78, 5) is 13.4. The van der Waals surface area contributed by atoms with E-state index in [1.807, 2.05) is 30.3 Å². The number of thiazole rings is 1. The number of carbonyl (C=O) groups is 1. The molecule has 0 saturated heterocycles. The van der Waals surface area contributed by atoms with Crippen molar-refractivity contribution in [2.75, 3.05) is 11.9 Å². The highest BCUT2D eigenvalue weighted by Crippen LogP contribution is 2.33. The van der Waals surface area contributed by atoms with Crippen LogP contribution in [0.2, 0.25) is 0 Å². The Labute approximate surface area is 253 Å². The van der Waals surface area contributed by atoms with E-state index in [2.05, 4.69) is 68.2 Å². The Morgan fingerprint density at radius 2 is 1.51 bits per heavy atom. The summed E-state index contributed by atoms with van der Waals surface area (Å²) in [5.74, 6) is 0.714. The fraction of sp³-hybridized carbons (Fsp3) is 0.556. The van der Waals surface area contributed by atoms with Gasteiger partial charge in [-0.15, -0.1) is 0 Å². The van der Waals surface area contributed by atoms with Crippen molar-refractivity contribution in [3.63, 3.8) is 0 Å². The number of carbonyl (C=O) groups excluding carboxylic acids is 1. The number of aromatic nitrogens is 1. The number of benzene rings is 2. The SMILES string of the molecule is CCCCCCCCCCCCCCOc1cc(C(=O)Nc2ccccc2C[n+]2ccsc2C)ccc1C(C)(C)C. The van der Waals surface area contributed by atoms with E-state index < -0.39 is 0 Å². The number of hydrogen-bond acceptors (Lipinski definition) is 3. The zero-order chi connectivity index (χ0) is 29.5. The van der Waals surface area contributed by atoms with Crippen molar-refractivity contribution in [3.05, 3.63) is 75.7 Å². The van der Waals surface area contributed by atoms with Gasteiger partial charge in [0, 0.05) is 18.1 Å². The normalized spacial score (nSPS) is 11.5. The molecule has 0 unspecified atom stereocenters. The van der Waals surface area contributed by atoms with Crippen LogP contribution >= 0.6 is 11.3 Å². The van der Waals surface area contributed by atoms with Gasteiger partial charge in [-0.25, -0.2) is 0 Å². The number of ether oxygens (including phenoxy) is 1. The summed E-state index contributed by atoms with van der Waals surface area (Å²) in [5.41, 5.74) is 3.62. The highest BCUT2D eigenvalue weighted by atomic mass is 32.1. The molecule has 41 heavy (non-hydrogen) atoms. The minimum Gasteiger partial charge on any atom is -0.493 e. The second-order valence-electron chi connectivity index (χ2n) is 12.4. The van der Waals surface area contributed by atoms with Crippen molar-refractivity contribution in [1.29, 1.82) is 0 Å². The zero-order valence-corrected chi connectivity index (χ0v) is 27.1. The molecule has 0 atom stereocenters. The zero-order valence-electron chi connectivity index (χ0n) is 26.3. The molecule has 0 fully saturated rings. The average molecular weight is 578 g/mol. The fourth-order valence-electron chi connectivity index (χ4n) is 5.22. The van der Waals surface area contributed by atoms with Gasteiger partial charge < -0.3 is 10.1 Å². The van der Waals surface area contributed by atoms with Crippen LogP contribution in [0.3, 0.4) is 0 Å². The lowest BCUT2D eigenvalue weighted by molar-refractivity contribution is -0.689. The monoisotopic (exact) mass is 577 g/mol. The summed E-state index contributed by atoms with van der Waals surface area (Å²) in [6.45, 7) is 12.4. The molecule has 0 radical (unpaired) electrons. The maximum Gasteiger partial charge on any atom is 0.255 e. The largest absolute Gasteiger partial charge is 0.493 e. The minimum absolute atomic E-state index is 0.0664. The Morgan fingerprint density at radius 1 is 0.878 bits per heavy atom. The van der Waals surface area contributed by atoms with Crippen molar-refractivity contribution in [2.24, 2.45) is 0 Å². The van der Waals surface area contributed by atoms with E-state index in [0.29, 0.717) is 12.2 Å². The van der Waals surface area contributed by atoms with E-state index in [0.717, 1.165) is 35.5 Å². The van der Waals surface area contributed by atoms with Gasteiger partial charge >= 0.3 is 0 Å². The lowest BCUT2D eigenvalue weighted by Gasteiger charge is -2.23. The molecule has 2 aromatic carbocycles. The van der Waals surface area contributed by atoms with Gasteiger partial charge in [-0.1, -0.05) is 134 Å². The lowest BCUT2D eigenvalue weighted by atomic mass is 9.85. The predicted molar refractivity (Wildman–Crippen MR) is 174 cm³/mol. The number of unbranched alkanes of at least 4 members (excludes halogenated alkanes) is 11. The van der Waals surface area contributed by atoms with Crippen LogP contribution in [0.25, 0.3) is 0 Å². The van der Waals surface area contributed by atoms with Crippen LogP contribution in [0.1, 0.15) is 131 Å². The number of nitrogens with one attached hydrogen (secondary N) is 1. The first-order valence-corrected chi connectivity index (χ1v) is 16.8. The molecular formula is C36H53N2O2S+. The van der Waals surface area contributed by atoms with Crippen molar-refractivity contribution < 1.29 is 14.1 Å². The molecule has 4 nitrogen and oxygen atoms in total. The van der Waals surface area contributed by atoms with Crippen molar-refractivity contribution in [2.45, 2.75) is 124 Å². The first-order valence-electron chi connectivity index (χ1n) is 15.9. The number of nitrogens with zero attached hydrogens (tertiary/aromatic N) is 1. The van der Waals surface area contributed by atoms with E-state index in [4.69, 9.17) is 4.74 Å². The summed E-state index contributed by atoms with van der Waals surface area (Å²) in [6.07, 6.45) is 18.0. The van der Waals surface area contributed by atoms with Crippen LogP contribution in [0.15, 0.2) is 54.0 Å². The van der Waals surface area contributed by atoms with E-state index in [1.165, 1.54) is 75.6 Å². The molecule has 3 aromatic rings. The molecule has 0 saturated carbocycles. The van der Waals surface area contributed by atoms with Crippen LogP contribution in [-0.4, -0.2) is 12.5 Å². The first-order chi connectivity index (χ1) is 19.8. The van der Waals surface area contributed by atoms with Gasteiger partial charge in [0.2, 0.25) is 5.01 Å². The molecule has 3 rings (SSSR count). The van der Waals surface area contributed by atoms with Gasteiger partial charge in [0.25, 0.3) is 5.91 Å². The van der Waals surface area contributed by atoms with E-state index >= 15 is 0 Å². The Bertz CT molecular complexity index is 1190. The Balaban J connectivity index is 1.51. The molecule has 224 valence electrons. The first kappa shape index (κ1) is 32.8. The summed E-state index contributed by atoms with van der Waals surface area (Å²) in [7, 11) is 0. The smallest absolute Gasteiger partial charge is 0.255 e. The van der Waals surface area contributed by atoms with Crippen molar-refractivity contribution in [1.82, 2.24) is 0 Å². The molecule has 1 aromatic heterocycles. The summed E-state index contributed by atoms with van der Waals surface area (Å²) in [6, 6.07) is 13.9. The molecule has 1 amide bonds. The number of para-hydroxylation sites is 1. The average Bonchev–Trinajstić information content (AvgIpc) is 3.35. The van der Waals surface area contributed by atoms with Crippen molar-refractivity contribution >= 4 is 22.9 Å². The molecule has 0 aliphatic rings. The van der Waals surface area contributed by atoms with Crippen LogP contribution in [-0.2, 0) is 12.0 Å². The quantitative estimate of drug-likeness (QED) is 0.121. The number of anilines is 1. The number of amides is 1. The van der Waals surface area contributed by atoms with Crippen LogP contribution < -0.4 is 14.6 Å². The molecule has 1 heterocycles. The topological polar surface area (TPSA) is 42.2 Å². The number of aryl methyl sites for hydroxylation is 1. The third-order valence-electron chi connectivity index (χ3n) is 7.80. The molecule has 0 spiro atoms. The van der Waals surface area contributed by atoms with Gasteiger partial charge in [-0.05, 0) is 35.6 Å². The van der Waals surface area contributed by atoms with Gasteiger partial charge in [0.1, 0.15) is 5.75 Å². The molecule has 5 heteroatoms. The van der Waals surface area contributed by atoms with Crippen LogP contribution in [0, 0.1) is 6.92 Å². The number of rotatable bonds is 18. The highest BCUT2D eigenvalue weighted by molar-refractivity contribution is 7.09. The second kappa shape index (κ2) is 17.3. The van der Waals surface area contributed by atoms with E-state index in [1.54, 1.807) is 11.3 Å². The molecule has 1 N–H and O–H groups in total. The van der Waals surface area contributed by atoms with Crippen LogP contribution in [0.5, 0.6) is 5.75 Å². The summed E-state index contributed by atoms with van der Waals surface area (Å²) >= 11 is 1.72. The third-order valence-corrected chi connectivity index (χ3v) is 8.63. The molecule has 0 aliphatic heterocycles. The predicted octanol–water partition coefficient (Wildman–Crippen LogP) is 10.0. The summed E-state index contributed by atoms with van der Waals surface area (Å²) < 4.78 is 8.53. The molecule has 0 aliphatic carbocycles. The van der Waals surface area contributed by atoms with Crippen molar-refractivity contribution in [3.8, 4) is 5.75 Å². The highest BCUT2D eigenvalue weighted by Gasteiger charge is 2.21. The Morgan fingerprint density at radius 3 is 2.12 bits per heavy atom. The minimum atomic E-state index is -0.111. The second-order valence-corrected chi connectivity index (χ2v) is 13.5. The third kappa shape index (κ3) is 11.3. The Kier molecular flexibility index (Phi) is 13.9. The maximum atomic E-state index is 13.4. The maximum absolute atomic E-state index is 13.4. The van der Waals surface area contributed by atoms with E-state index in [9.17, 15) is 4.79 Å². The fourth-order valence-corrected chi connectivity index (χ4v) is 5.89. The number of hydrogen-bond donors (Lipinski definition) is 1. The summed E-state index contributed by atoms with van der Waals surface area (Å²) in [5, 5.41) is 6.48. The molecular weight excluding hydrogens is 524 g/mol. The van der Waals surface area contributed by atoms with Gasteiger partial charge in [0.15, 0.2) is 12.7 Å². The van der Waals surface area contributed by atoms with Crippen LogP contribution in [0.4, 0.5) is 5.69 Å². The van der Waals surface area contributed by atoms with Gasteiger partial charge in [-0.2, -0.15) is 4.57 Å². The van der Waals surface area contributed by atoms with E-state index in [-0.39, 0.29) is 11.3 Å². The lowest BCUT2D eigenvalue weighted by Crippen LogP contribution is -2.34. The van der Waals surface area contributed by atoms with Gasteiger partial charge in [-0.3, -0.25) is 4.79 Å². The van der Waals surface area contributed by atoms with Gasteiger partial charge in [0.05, 0.1) is 17.7 Å².